The van der Waals surface area contributed by atoms with Crippen LogP contribution in [0, 0.1) is 0 Å². The number of thiol groups is 1. The van der Waals surface area contributed by atoms with Gasteiger partial charge in [-0.3, -0.25) is 4.79 Å². The zero-order chi connectivity index (χ0) is 14.4. The SMILES string of the molecule is CCCCN(C(=O)c1cc(S)ccc1Cl)C(C)CC. The maximum atomic E-state index is 12.6. The number of unbranched alkanes of at least 4 members (excludes halogenated alkanes) is 1. The highest BCUT2D eigenvalue weighted by Crippen LogP contribution is 2.22. The lowest BCUT2D eigenvalue weighted by atomic mass is 10.1. The highest BCUT2D eigenvalue weighted by atomic mass is 35.5. The molecule has 1 unspecified atom stereocenters. The lowest BCUT2D eigenvalue weighted by Gasteiger charge is -2.29. The number of halogens is 1. The van der Waals surface area contributed by atoms with Crippen LogP contribution in [0.3, 0.4) is 0 Å². The number of carbonyl (C=O) groups excluding carboxylic acids is 1. The quantitative estimate of drug-likeness (QED) is 0.757. The third-order valence-corrected chi connectivity index (χ3v) is 3.92. The summed E-state index contributed by atoms with van der Waals surface area (Å²) < 4.78 is 0. The van der Waals surface area contributed by atoms with Gasteiger partial charge < -0.3 is 4.90 Å². The third-order valence-electron chi connectivity index (χ3n) is 3.32. The number of hydrogen-bond acceptors (Lipinski definition) is 2. The fraction of sp³-hybridized carbons (Fsp3) is 0.533. The van der Waals surface area contributed by atoms with Crippen LogP contribution in [0.25, 0.3) is 0 Å². The van der Waals surface area contributed by atoms with Crippen LogP contribution in [-0.2, 0) is 0 Å². The van der Waals surface area contributed by atoms with E-state index >= 15 is 0 Å². The van der Waals surface area contributed by atoms with E-state index in [9.17, 15) is 4.79 Å². The summed E-state index contributed by atoms with van der Waals surface area (Å²) in [6.07, 6.45) is 3.02. The van der Waals surface area contributed by atoms with E-state index < -0.39 is 0 Å². The Hall–Kier alpha value is -0.670. The van der Waals surface area contributed by atoms with Crippen LogP contribution in [-0.4, -0.2) is 23.4 Å². The summed E-state index contributed by atoms with van der Waals surface area (Å²) in [6.45, 7) is 7.07. The van der Waals surface area contributed by atoms with Gasteiger partial charge >= 0.3 is 0 Å². The van der Waals surface area contributed by atoms with Gasteiger partial charge in [0, 0.05) is 17.5 Å². The first-order valence-corrected chi connectivity index (χ1v) is 7.63. The van der Waals surface area contributed by atoms with Gasteiger partial charge in [0.05, 0.1) is 10.6 Å². The molecular weight excluding hydrogens is 278 g/mol. The molecule has 0 heterocycles. The molecule has 1 rings (SSSR count). The average Bonchev–Trinajstić information content (AvgIpc) is 2.41. The first kappa shape index (κ1) is 16.4. The van der Waals surface area contributed by atoms with Gasteiger partial charge in [-0.25, -0.2) is 0 Å². The third kappa shape index (κ3) is 4.43. The molecule has 4 heteroatoms. The summed E-state index contributed by atoms with van der Waals surface area (Å²) in [7, 11) is 0. The molecule has 106 valence electrons. The van der Waals surface area contributed by atoms with Crippen molar-refractivity contribution in [2.24, 2.45) is 0 Å². The summed E-state index contributed by atoms with van der Waals surface area (Å²) in [4.78, 5) is 15.3. The van der Waals surface area contributed by atoms with Crippen molar-refractivity contribution in [3.63, 3.8) is 0 Å². The first-order valence-electron chi connectivity index (χ1n) is 6.80. The number of rotatable bonds is 6. The van der Waals surface area contributed by atoms with Crippen molar-refractivity contribution in [3.05, 3.63) is 28.8 Å². The topological polar surface area (TPSA) is 20.3 Å². The van der Waals surface area contributed by atoms with E-state index in [-0.39, 0.29) is 11.9 Å². The monoisotopic (exact) mass is 299 g/mol. The average molecular weight is 300 g/mol. The van der Waals surface area contributed by atoms with Crippen LogP contribution in [0.5, 0.6) is 0 Å². The normalized spacial score (nSPS) is 12.3. The van der Waals surface area contributed by atoms with E-state index in [1.807, 2.05) is 4.90 Å². The van der Waals surface area contributed by atoms with E-state index in [0.717, 1.165) is 30.7 Å². The van der Waals surface area contributed by atoms with Gasteiger partial charge in [-0.15, -0.1) is 12.6 Å². The standard InChI is InChI=1S/C15H22ClNOS/c1-4-6-9-17(11(3)5-2)15(18)13-10-12(19)7-8-14(13)16/h7-8,10-11,19H,4-6,9H2,1-3H3. The molecule has 0 aliphatic carbocycles. The maximum absolute atomic E-state index is 12.6. The lowest BCUT2D eigenvalue weighted by molar-refractivity contribution is 0.0685. The van der Waals surface area contributed by atoms with Gasteiger partial charge in [0.15, 0.2) is 0 Å². The van der Waals surface area contributed by atoms with Crippen LogP contribution >= 0.6 is 24.2 Å². The molecule has 0 saturated heterocycles. The predicted molar refractivity (Wildman–Crippen MR) is 84.4 cm³/mol. The van der Waals surface area contributed by atoms with Gasteiger partial charge in [-0.05, 0) is 38.0 Å². The summed E-state index contributed by atoms with van der Waals surface area (Å²) in [6, 6.07) is 5.49. The molecule has 1 aromatic carbocycles. The molecule has 0 aliphatic heterocycles. The van der Waals surface area contributed by atoms with E-state index in [0.29, 0.717) is 10.6 Å². The van der Waals surface area contributed by atoms with Crippen molar-refractivity contribution in [2.45, 2.75) is 51.0 Å². The lowest BCUT2D eigenvalue weighted by Crippen LogP contribution is -2.39. The minimum atomic E-state index is 0.00343. The molecule has 0 fully saturated rings. The Balaban J connectivity index is 3.00. The highest BCUT2D eigenvalue weighted by Gasteiger charge is 2.22. The molecule has 1 amide bonds. The summed E-state index contributed by atoms with van der Waals surface area (Å²) in [5.74, 6) is 0.00343. The molecule has 0 aliphatic rings. The van der Waals surface area contributed by atoms with Crippen molar-refractivity contribution in [3.8, 4) is 0 Å². The van der Waals surface area contributed by atoms with Crippen LogP contribution < -0.4 is 0 Å². The van der Waals surface area contributed by atoms with E-state index in [1.54, 1.807) is 18.2 Å². The minimum absolute atomic E-state index is 0.00343. The van der Waals surface area contributed by atoms with Crippen molar-refractivity contribution < 1.29 is 4.79 Å². The van der Waals surface area contributed by atoms with Crippen molar-refractivity contribution in [1.82, 2.24) is 4.90 Å². The first-order chi connectivity index (χ1) is 9.01. The molecule has 2 nitrogen and oxygen atoms in total. The number of carbonyl (C=O) groups is 1. The highest BCUT2D eigenvalue weighted by molar-refractivity contribution is 7.80. The molecule has 0 aromatic heterocycles. The smallest absolute Gasteiger partial charge is 0.255 e. The fourth-order valence-corrected chi connectivity index (χ4v) is 2.30. The van der Waals surface area contributed by atoms with Gasteiger partial charge in [-0.2, -0.15) is 0 Å². The summed E-state index contributed by atoms with van der Waals surface area (Å²) in [5, 5.41) is 0.493. The molecule has 0 radical (unpaired) electrons. The second-order valence-electron chi connectivity index (χ2n) is 4.77. The molecule has 0 saturated carbocycles. The van der Waals surface area contributed by atoms with Crippen molar-refractivity contribution in [1.29, 1.82) is 0 Å². The Bertz CT molecular complexity index is 436. The second kappa shape index (κ2) is 7.81. The van der Waals surface area contributed by atoms with Gasteiger partial charge in [-0.1, -0.05) is 31.9 Å². The van der Waals surface area contributed by atoms with Gasteiger partial charge in [0.1, 0.15) is 0 Å². The van der Waals surface area contributed by atoms with Crippen LogP contribution in [0.2, 0.25) is 5.02 Å². The summed E-state index contributed by atoms with van der Waals surface area (Å²) in [5.41, 5.74) is 0.547. The van der Waals surface area contributed by atoms with E-state index in [2.05, 4.69) is 33.4 Å². The van der Waals surface area contributed by atoms with E-state index in [4.69, 9.17) is 11.6 Å². The van der Waals surface area contributed by atoms with E-state index in [1.165, 1.54) is 0 Å². The Kier molecular flexibility index (Phi) is 6.73. The Labute approximate surface area is 126 Å². The van der Waals surface area contributed by atoms with Crippen LogP contribution in [0.1, 0.15) is 50.4 Å². The Morgan fingerprint density at radius 2 is 2.11 bits per heavy atom. The fourth-order valence-electron chi connectivity index (χ4n) is 1.90. The molecule has 1 atom stereocenters. The predicted octanol–water partition coefficient (Wildman–Crippen LogP) is 4.67. The number of benzene rings is 1. The number of hydrogen-bond donors (Lipinski definition) is 1. The zero-order valence-corrected chi connectivity index (χ0v) is 13.5. The Morgan fingerprint density at radius 1 is 1.42 bits per heavy atom. The molecule has 0 spiro atoms. The zero-order valence-electron chi connectivity index (χ0n) is 11.8. The van der Waals surface area contributed by atoms with Gasteiger partial charge in [0.25, 0.3) is 5.91 Å². The van der Waals surface area contributed by atoms with Crippen molar-refractivity contribution >= 4 is 30.1 Å². The van der Waals surface area contributed by atoms with Crippen LogP contribution in [0.15, 0.2) is 23.1 Å². The Morgan fingerprint density at radius 3 is 2.68 bits per heavy atom. The number of nitrogens with zero attached hydrogens (tertiary/aromatic N) is 1. The maximum Gasteiger partial charge on any atom is 0.255 e. The minimum Gasteiger partial charge on any atom is -0.336 e. The van der Waals surface area contributed by atoms with Gasteiger partial charge in [0.2, 0.25) is 0 Å². The van der Waals surface area contributed by atoms with Crippen molar-refractivity contribution in [2.75, 3.05) is 6.54 Å². The number of amides is 1. The molecular formula is C15H22ClNOS. The molecule has 0 bridgehead atoms. The second-order valence-corrected chi connectivity index (χ2v) is 5.70. The molecule has 1 aromatic rings. The van der Waals surface area contributed by atoms with Crippen LogP contribution in [0.4, 0.5) is 0 Å². The molecule has 0 N–H and O–H groups in total. The summed E-state index contributed by atoms with van der Waals surface area (Å²) >= 11 is 10.4. The molecule has 19 heavy (non-hydrogen) atoms. The largest absolute Gasteiger partial charge is 0.336 e.